The number of nitrogens with one attached hydrogen (secondary N) is 1. The van der Waals surface area contributed by atoms with Gasteiger partial charge in [-0.1, -0.05) is 24.3 Å². The van der Waals surface area contributed by atoms with Crippen LogP contribution < -0.4 is 5.32 Å². The van der Waals surface area contributed by atoms with Gasteiger partial charge in [-0.05, 0) is 65.4 Å². The number of thiophene rings is 1. The minimum Gasteiger partial charge on any atom is -0.320 e. The molecule has 2 heterocycles. The van der Waals surface area contributed by atoms with Gasteiger partial charge < -0.3 is 5.32 Å². The summed E-state index contributed by atoms with van der Waals surface area (Å²) in [5.74, 6) is -0.390. The van der Waals surface area contributed by atoms with E-state index in [9.17, 15) is 9.18 Å². The Labute approximate surface area is 173 Å². The molecular weight excluding hydrogens is 476 g/mol. The maximum atomic E-state index is 13.1. The number of aryl methyl sites for hydroxylation is 1. The average Bonchev–Trinajstić information content (AvgIpc) is 3.21. The van der Waals surface area contributed by atoms with Crippen molar-refractivity contribution < 1.29 is 9.18 Å². The molecule has 1 amide bonds. The first-order chi connectivity index (χ1) is 13.0. The van der Waals surface area contributed by atoms with E-state index in [1.165, 1.54) is 23.5 Å². The molecule has 4 nitrogen and oxygen atoms in total. The van der Waals surface area contributed by atoms with Crippen LogP contribution in [0.15, 0.2) is 54.6 Å². The summed E-state index contributed by atoms with van der Waals surface area (Å²) in [5, 5.41) is 8.50. The number of fused-ring (bicyclic) bond motifs is 1. The van der Waals surface area contributed by atoms with E-state index in [0.717, 1.165) is 30.7 Å². The predicted octanol–water partition coefficient (Wildman–Crippen LogP) is 5.45. The molecule has 4 aromatic rings. The van der Waals surface area contributed by atoms with E-state index in [2.05, 4.69) is 33.0 Å². The number of rotatable bonds is 4. The van der Waals surface area contributed by atoms with Crippen LogP contribution in [-0.2, 0) is 6.54 Å². The number of hydrogen-bond acceptors (Lipinski definition) is 3. The van der Waals surface area contributed by atoms with Crippen LogP contribution in [0.3, 0.4) is 0 Å². The molecule has 2 aromatic carbocycles. The fourth-order valence-electron chi connectivity index (χ4n) is 2.84. The van der Waals surface area contributed by atoms with E-state index in [1.54, 1.807) is 12.1 Å². The van der Waals surface area contributed by atoms with Crippen molar-refractivity contribution in [2.45, 2.75) is 13.5 Å². The molecule has 0 atom stereocenters. The quantitative estimate of drug-likeness (QED) is 0.386. The van der Waals surface area contributed by atoms with Crippen LogP contribution in [0.1, 0.15) is 20.9 Å². The highest BCUT2D eigenvalue weighted by atomic mass is 127. The largest absolute Gasteiger partial charge is 0.320 e. The molecule has 0 aliphatic heterocycles. The first-order valence-corrected chi connectivity index (χ1v) is 10.2. The molecule has 0 aliphatic carbocycles. The molecule has 0 bridgehead atoms. The zero-order valence-corrected chi connectivity index (χ0v) is 17.3. The molecule has 0 spiro atoms. The summed E-state index contributed by atoms with van der Waals surface area (Å²) in [6, 6.07) is 15.9. The van der Waals surface area contributed by atoms with Gasteiger partial charge in [-0.15, -0.1) is 11.3 Å². The second kappa shape index (κ2) is 7.40. The third-order valence-corrected chi connectivity index (χ3v) is 6.29. The molecule has 27 heavy (non-hydrogen) atoms. The Balaban J connectivity index is 1.63. The Morgan fingerprint density at radius 1 is 1.22 bits per heavy atom. The van der Waals surface area contributed by atoms with Crippen molar-refractivity contribution >= 4 is 55.7 Å². The Morgan fingerprint density at radius 2 is 1.96 bits per heavy atom. The van der Waals surface area contributed by atoms with Gasteiger partial charge >= 0.3 is 0 Å². The first kappa shape index (κ1) is 18.1. The van der Waals surface area contributed by atoms with E-state index in [-0.39, 0.29) is 11.7 Å². The number of amides is 1. The van der Waals surface area contributed by atoms with Crippen LogP contribution in [0.4, 0.5) is 10.1 Å². The number of halogens is 2. The Kier molecular flexibility index (Phi) is 4.96. The number of carbonyl (C=O) groups excluding carboxylic acids is 1. The number of para-hydroxylation sites is 1. The molecule has 0 radical (unpaired) electrons. The lowest BCUT2D eigenvalue weighted by Crippen LogP contribution is -2.11. The van der Waals surface area contributed by atoms with Gasteiger partial charge in [0.15, 0.2) is 0 Å². The van der Waals surface area contributed by atoms with Gasteiger partial charge in [0.1, 0.15) is 10.6 Å². The van der Waals surface area contributed by atoms with Crippen molar-refractivity contribution in [3.05, 3.63) is 80.1 Å². The van der Waals surface area contributed by atoms with Crippen molar-refractivity contribution in [3.63, 3.8) is 0 Å². The summed E-state index contributed by atoms with van der Waals surface area (Å²) in [5.41, 5.74) is 2.63. The SMILES string of the molecule is Cc1nn(Cc2ccc(F)cc2)c2sc(C(=O)Nc3ccccc3I)cc12. The van der Waals surface area contributed by atoms with Crippen LogP contribution in [-0.4, -0.2) is 15.7 Å². The zero-order chi connectivity index (χ0) is 19.0. The fraction of sp³-hybridized carbons (Fsp3) is 0.100. The highest BCUT2D eigenvalue weighted by molar-refractivity contribution is 14.1. The van der Waals surface area contributed by atoms with Crippen LogP contribution in [0.2, 0.25) is 0 Å². The van der Waals surface area contributed by atoms with Gasteiger partial charge in [0, 0.05) is 8.96 Å². The molecule has 0 aliphatic rings. The normalized spacial score (nSPS) is 11.1. The van der Waals surface area contributed by atoms with Crippen LogP contribution in [0, 0.1) is 16.3 Å². The van der Waals surface area contributed by atoms with E-state index < -0.39 is 0 Å². The topological polar surface area (TPSA) is 46.9 Å². The second-order valence-electron chi connectivity index (χ2n) is 6.13. The highest BCUT2D eigenvalue weighted by Crippen LogP contribution is 2.30. The van der Waals surface area contributed by atoms with Gasteiger partial charge in [0.2, 0.25) is 0 Å². The molecule has 0 unspecified atom stereocenters. The van der Waals surface area contributed by atoms with Gasteiger partial charge in [-0.2, -0.15) is 5.10 Å². The number of nitrogens with zero attached hydrogens (tertiary/aromatic N) is 2. The van der Waals surface area contributed by atoms with E-state index in [0.29, 0.717) is 11.4 Å². The number of hydrogen-bond donors (Lipinski definition) is 1. The minimum atomic E-state index is -0.258. The summed E-state index contributed by atoms with van der Waals surface area (Å²) >= 11 is 3.61. The standard InChI is InChI=1S/C20H15FIN3OS/c1-12-15-10-18(19(26)23-17-5-3-2-4-16(17)22)27-20(15)25(24-12)11-13-6-8-14(21)9-7-13/h2-10H,11H2,1H3,(H,23,26). The number of anilines is 1. The van der Waals surface area contributed by atoms with Crippen LogP contribution in [0.25, 0.3) is 10.2 Å². The third kappa shape index (κ3) is 3.74. The molecule has 0 fully saturated rings. The molecule has 136 valence electrons. The highest BCUT2D eigenvalue weighted by Gasteiger charge is 2.17. The first-order valence-electron chi connectivity index (χ1n) is 8.28. The lowest BCUT2D eigenvalue weighted by molar-refractivity contribution is 0.103. The van der Waals surface area contributed by atoms with Crippen LogP contribution >= 0.6 is 33.9 Å². The van der Waals surface area contributed by atoms with Gasteiger partial charge in [-0.25, -0.2) is 4.39 Å². The summed E-state index contributed by atoms with van der Waals surface area (Å²) in [4.78, 5) is 14.2. The monoisotopic (exact) mass is 491 g/mol. The molecule has 7 heteroatoms. The van der Waals surface area contributed by atoms with E-state index >= 15 is 0 Å². The van der Waals surface area contributed by atoms with Crippen molar-refractivity contribution in [2.24, 2.45) is 0 Å². The van der Waals surface area contributed by atoms with Gasteiger partial charge in [0.05, 0.1) is 22.8 Å². The average molecular weight is 491 g/mol. The molecule has 1 N–H and O–H groups in total. The summed E-state index contributed by atoms with van der Waals surface area (Å²) < 4.78 is 16.0. The number of carbonyl (C=O) groups is 1. The second-order valence-corrected chi connectivity index (χ2v) is 8.33. The lowest BCUT2D eigenvalue weighted by atomic mass is 10.2. The van der Waals surface area contributed by atoms with Crippen molar-refractivity contribution in [1.82, 2.24) is 9.78 Å². The third-order valence-electron chi connectivity index (χ3n) is 4.20. The minimum absolute atomic E-state index is 0.131. The number of aromatic nitrogens is 2. The zero-order valence-electron chi connectivity index (χ0n) is 14.4. The van der Waals surface area contributed by atoms with Gasteiger partial charge in [-0.3, -0.25) is 9.48 Å². The smallest absolute Gasteiger partial charge is 0.265 e. The Bertz CT molecular complexity index is 1130. The van der Waals surface area contributed by atoms with Crippen LogP contribution in [0.5, 0.6) is 0 Å². The maximum Gasteiger partial charge on any atom is 0.265 e. The fourth-order valence-corrected chi connectivity index (χ4v) is 4.42. The molecule has 2 aromatic heterocycles. The summed E-state index contributed by atoms with van der Waals surface area (Å²) in [6.07, 6.45) is 0. The summed E-state index contributed by atoms with van der Waals surface area (Å²) in [6.45, 7) is 2.46. The number of benzene rings is 2. The van der Waals surface area contributed by atoms with Crippen molar-refractivity contribution in [1.29, 1.82) is 0 Å². The Hall–Kier alpha value is -2.26. The molecule has 0 saturated heterocycles. The van der Waals surface area contributed by atoms with Gasteiger partial charge in [0.25, 0.3) is 5.91 Å². The summed E-state index contributed by atoms with van der Waals surface area (Å²) in [7, 11) is 0. The lowest BCUT2D eigenvalue weighted by Gasteiger charge is -2.05. The molecular formula is C20H15FIN3OS. The predicted molar refractivity (Wildman–Crippen MR) is 115 cm³/mol. The maximum absolute atomic E-state index is 13.1. The molecule has 4 rings (SSSR count). The van der Waals surface area contributed by atoms with Crippen molar-refractivity contribution in [3.8, 4) is 0 Å². The van der Waals surface area contributed by atoms with E-state index in [4.69, 9.17) is 0 Å². The Morgan fingerprint density at radius 3 is 2.70 bits per heavy atom. The van der Waals surface area contributed by atoms with Crippen molar-refractivity contribution in [2.75, 3.05) is 5.32 Å². The van der Waals surface area contributed by atoms with E-state index in [1.807, 2.05) is 41.9 Å². The molecule has 0 saturated carbocycles.